The molecule has 1 aliphatic rings. The summed E-state index contributed by atoms with van der Waals surface area (Å²) in [5, 5.41) is 2.57. The van der Waals surface area contributed by atoms with Crippen LogP contribution in [0.4, 0.5) is 5.69 Å². The highest BCUT2D eigenvalue weighted by Gasteiger charge is 2.45. The summed E-state index contributed by atoms with van der Waals surface area (Å²) in [6.07, 6.45) is 8.63. The fraction of sp³-hybridized carbons (Fsp3) is 0.190. The molecule has 0 spiro atoms. The van der Waals surface area contributed by atoms with Gasteiger partial charge in [0.05, 0.1) is 0 Å². The highest BCUT2D eigenvalue weighted by atomic mass is 15.2. The molecular weight excluding hydrogens is 518 g/mol. The van der Waals surface area contributed by atoms with Crippen molar-refractivity contribution in [2.45, 2.75) is 44.4 Å². The van der Waals surface area contributed by atoms with Crippen LogP contribution in [0, 0.1) is 6.92 Å². The van der Waals surface area contributed by atoms with E-state index >= 15 is 0 Å². The van der Waals surface area contributed by atoms with Crippen molar-refractivity contribution in [3.63, 3.8) is 0 Å². The van der Waals surface area contributed by atoms with Gasteiger partial charge in [0, 0.05) is 29.3 Å². The van der Waals surface area contributed by atoms with Crippen LogP contribution in [0.15, 0.2) is 157 Å². The zero-order chi connectivity index (χ0) is 30.0. The molecule has 0 unspecified atom stereocenters. The van der Waals surface area contributed by atoms with Crippen molar-refractivity contribution in [1.82, 2.24) is 0 Å². The Kier molecular flexibility index (Phi) is 7.67. The first-order valence-electron chi connectivity index (χ1n) is 15.3. The number of aryl methyl sites for hydroxylation is 1. The lowest BCUT2D eigenvalue weighted by atomic mass is 9.70. The number of anilines is 1. The van der Waals surface area contributed by atoms with E-state index in [9.17, 15) is 0 Å². The predicted molar refractivity (Wildman–Crippen MR) is 185 cm³/mol. The molecule has 0 aromatic heterocycles. The average Bonchev–Trinajstić information content (AvgIpc) is 3.24. The van der Waals surface area contributed by atoms with Crippen molar-refractivity contribution in [3.05, 3.63) is 185 Å². The van der Waals surface area contributed by atoms with E-state index < -0.39 is 0 Å². The SMILES string of the molecule is C=C(/C=C/C=C1/N(C)c2ccccc2C1(Cc1ccccc1)Cc1ccccc1)C(C)(C)c1c(C)ccc2ccccc12. The van der Waals surface area contributed by atoms with Gasteiger partial charge in [0.1, 0.15) is 0 Å². The zero-order valence-corrected chi connectivity index (χ0v) is 25.8. The second-order valence-electron chi connectivity index (χ2n) is 12.5. The molecule has 1 heteroatoms. The monoisotopic (exact) mass is 559 g/mol. The number of allylic oxidation sites excluding steroid dienone is 5. The smallest absolute Gasteiger partial charge is 0.0456 e. The van der Waals surface area contributed by atoms with Gasteiger partial charge in [0.25, 0.3) is 0 Å². The first-order chi connectivity index (χ1) is 20.8. The number of para-hydroxylation sites is 1. The Balaban J connectivity index is 1.43. The van der Waals surface area contributed by atoms with Gasteiger partial charge < -0.3 is 4.90 Å². The summed E-state index contributed by atoms with van der Waals surface area (Å²) in [6, 6.07) is 43.9. The quantitative estimate of drug-likeness (QED) is 0.171. The van der Waals surface area contributed by atoms with Crippen LogP contribution < -0.4 is 4.90 Å². The van der Waals surface area contributed by atoms with Crippen molar-refractivity contribution in [2.75, 3.05) is 11.9 Å². The second-order valence-corrected chi connectivity index (χ2v) is 12.5. The molecule has 5 aromatic carbocycles. The van der Waals surface area contributed by atoms with E-state index in [1.807, 2.05) is 0 Å². The minimum atomic E-state index is -0.227. The molecule has 214 valence electrons. The van der Waals surface area contributed by atoms with E-state index in [1.54, 1.807) is 0 Å². The molecule has 0 aliphatic carbocycles. The number of nitrogens with zero attached hydrogens (tertiary/aromatic N) is 1. The second kappa shape index (κ2) is 11.6. The van der Waals surface area contributed by atoms with E-state index in [4.69, 9.17) is 0 Å². The molecule has 43 heavy (non-hydrogen) atoms. The van der Waals surface area contributed by atoms with Crippen LogP contribution in [0.2, 0.25) is 0 Å². The van der Waals surface area contributed by atoms with Gasteiger partial charge in [-0.3, -0.25) is 0 Å². The lowest BCUT2D eigenvalue weighted by Gasteiger charge is -2.34. The Morgan fingerprint density at radius 1 is 0.744 bits per heavy atom. The summed E-state index contributed by atoms with van der Waals surface area (Å²) in [6.45, 7) is 11.4. The number of fused-ring (bicyclic) bond motifs is 2. The number of rotatable bonds is 8. The van der Waals surface area contributed by atoms with E-state index in [2.05, 4.69) is 179 Å². The van der Waals surface area contributed by atoms with Gasteiger partial charge in [-0.1, -0.05) is 148 Å². The van der Waals surface area contributed by atoms with Gasteiger partial charge in [0.2, 0.25) is 0 Å². The molecule has 1 nitrogen and oxygen atoms in total. The predicted octanol–water partition coefficient (Wildman–Crippen LogP) is 10.3. The van der Waals surface area contributed by atoms with Crippen molar-refractivity contribution in [3.8, 4) is 0 Å². The van der Waals surface area contributed by atoms with Crippen LogP contribution in [-0.4, -0.2) is 7.05 Å². The Morgan fingerprint density at radius 2 is 1.33 bits per heavy atom. The molecule has 0 atom stereocenters. The zero-order valence-electron chi connectivity index (χ0n) is 25.8. The third kappa shape index (κ3) is 5.25. The van der Waals surface area contributed by atoms with E-state index in [0.29, 0.717) is 0 Å². The number of benzene rings is 5. The fourth-order valence-corrected chi connectivity index (χ4v) is 7.19. The lowest BCUT2D eigenvalue weighted by molar-refractivity contribution is 0.507. The summed E-state index contributed by atoms with van der Waals surface area (Å²) in [4.78, 5) is 2.40. The number of hydrogen-bond donors (Lipinski definition) is 0. The Labute approximate surface area is 257 Å². The highest BCUT2D eigenvalue weighted by molar-refractivity contribution is 5.88. The molecule has 1 heterocycles. The minimum absolute atomic E-state index is 0.207. The van der Waals surface area contributed by atoms with Crippen LogP contribution in [-0.2, 0) is 23.7 Å². The first-order valence-corrected chi connectivity index (χ1v) is 15.3. The highest BCUT2D eigenvalue weighted by Crippen LogP contribution is 2.51. The van der Waals surface area contributed by atoms with Crippen LogP contribution >= 0.6 is 0 Å². The van der Waals surface area contributed by atoms with E-state index in [-0.39, 0.29) is 10.8 Å². The van der Waals surface area contributed by atoms with Crippen molar-refractivity contribution < 1.29 is 0 Å². The van der Waals surface area contributed by atoms with Crippen molar-refractivity contribution >= 4 is 16.5 Å². The Hall–Kier alpha value is -4.62. The maximum atomic E-state index is 4.62. The molecule has 0 fully saturated rings. The molecule has 0 amide bonds. The molecule has 0 saturated carbocycles. The molecule has 5 aromatic rings. The molecule has 1 aliphatic heterocycles. The normalized spacial score (nSPS) is 15.3. The van der Waals surface area contributed by atoms with Crippen LogP contribution in [0.1, 0.15) is 41.7 Å². The summed E-state index contributed by atoms with van der Waals surface area (Å²) in [5.41, 5.74) is 9.97. The molecule has 0 saturated heterocycles. The molecular formula is C42H41N. The maximum absolute atomic E-state index is 4.62. The third-order valence-electron chi connectivity index (χ3n) is 9.45. The standard InChI is InChI=1S/C42H41N/c1-31-27-28-35-22-12-13-23-36(35)40(31)41(3,4)32(2)17-16-26-39-42(29-33-18-8-6-9-19-33,30-34-20-10-7-11-21-34)37-24-14-15-25-38(37)43(39)5/h6-28H,2,29-30H2,1,3-5H3/b17-16+,39-26+. The molecule has 0 radical (unpaired) electrons. The number of likely N-dealkylation sites (N-methyl/N-ethyl adjacent to an activating group) is 1. The lowest BCUT2D eigenvalue weighted by Crippen LogP contribution is -2.34. The average molecular weight is 560 g/mol. The molecule has 6 rings (SSSR count). The number of hydrogen-bond acceptors (Lipinski definition) is 1. The van der Waals surface area contributed by atoms with E-state index in [0.717, 1.165) is 18.4 Å². The summed E-state index contributed by atoms with van der Waals surface area (Å²) in [5.74, 6) is 0. The molecule has 0 bridgehead atoms. The van der Waals surface area contributed by atoms with Crippen LogP contribution in [0.25, 0.3) is 10.8 Å². The van der Waals surface area contributed by atoms with Gasteiger partial charge in [-0.25, -0.2) is 0 Å². The van der Waals surface area contributed by atoms with Gasteiger partial charge in [0.15, 0.2) is 0 Å². The van der Waals surface area contributed by atoms with Crippen molar-refractivity contribution in [2.24, 2.45) is 0 Å². The first kappa shape index (κ1) is 28.5. The van der Waals surface area contributed by atoms with Gasteiger partial charge in [-0.05, 0) is 76.1 Å². The summed E-state index contributed by atoms with van der Waals surface area (Å²) < 4.78 is 0. The summed E-state index contributed by atoms with van der Waals surface area (Å²) in [7, 11) is 2.22. The topological polar surface area (TPSA) is 3.24 Å². The summed E-state index contributed by atoms with van der Waals surface area (Å²) >= 11 is 0. The maximum Gasteiger partial charge on any atom is 0.0456 e. The van der Waals surface area contributed by atoms with Gasteiger partial charge in [-0.15, -0.1) is 0 Å². The largest absolute Gasteiger partial charge is 0.347 e. The van der Waals surface area contributed by atoms with Crippen molar-refractivity contribution in [1.29, 1.82) is 0 Å². The van der Waals surface area contributed by atoms with Crippen LogP contribution in [0.3, 0.4) is 0 Å². The Bertz CT molecular complexity index is 1780. The third-order valence-corrected chi connectivity index (χ3v) is 9.45. The molecule has 0 N–H and O–H groups in total. The Morgan fingerprint density at radius 3 is 2.00 bits per heavy atom. The fourth-order valence-electron chi connectivity index (χ4n) is 7.19. The van der Waals surface area contributed by atoms with Gasteiger partial charge in [-0.2, -0.15) is 0 Å². The van der Waals surface area contributed by atoms with E-state index in [1.165, 1.54) is 50.0 Å². The van der Waals surface area contributed by atoms with Crippen LogP contribution in [0.5, 0.6) is 0 Å². The van der Waals surface area contributed by atoms with Gasteiger partial charge >= 0.3 is 0 Å². The minimum Gasteiger partial charge on any atom is -0.347 e.